The molecular weight excluding hydrogens is 450 g/mol. The highest BCUT2D eigenvalue weighted by Crippen LogP contribution is 2.33. The molecule has 14 heteroatoms. The lowest BCUT2D eigenvalue weighted by atomic mass is 10.2. The van der Waals surface area contributed by atoms with Crippen molar-refractivity contribution in [2.75, 3.05) is 0 Å². The van der Waals surface area contributed by atoms with E-state index in [9.17, 15) is 27.5 Å². The van der Waals surface area contributed by atoms with E-state index in [0.717, 1.165) is 12.8 Å². The molecule has 0 atom stereocenters. The highest BCUT2D eigenvalue weighted by molar-refractivity contribution is 5.56. The Kier molecular flexibility index (Phi) is 4.65. The van der Waals surface area contributed by atoms with Crippen LogP contribution in [0.15, 0.2) is 34.2 Å². The van der Waals surface area contributed by atoms with Crippen LogP contribution in [0.3, 0.4) is 0 Å². The lowest BCUT2D eigenvalue weighted by Gasteiger charge is -2.10. The first-order valence-corrected chi connectivity index (χ1v) is 9.54. The summed E-state index contributed by atoms with van der Waals surface area (Å²) in [5.41, 5.74) is -1.54. The van der Waals surface area contributed by atoms with Crippen LogP contribution in [0.5, 0.6) is 17.6 Å². The molecule has 3 heterocycles. The fourth-order valence-electron chi connectivity index (χ4n) is 2.96. The molecule has 0 aliphatic heterocycles. The average Bonchev–Trinajstić information content (AvgIpc) is 3.37. The predicted octanol–water partition coefficient (Wildman–Crippen LogP) is 1.41. The van der Waals surface area contributed by atoms with Gasteiger partial charge in [0.2, 0.25) is 5.88 Å². The minimum atomic E-state index is -4.70. The zero-order valence-corrected chi connectivity index (χ0v) is 16.4. The lowest BCUT2D eigenvalue weighted by molar-refractivity contribution is -0.137. The number of hydrogen-bond acceptors (Lipinski definition) is 7. The van der Waals surface area contributed by atoms with E-state index in [-0.39, 0.29) is 23.0 Å². The molecule has 33 heavy (non-hydrogen) atoms. The van der Waals surface area contributed by atoms with Gasteiger partial charge in [-0.1, -0.05) is 0 Å². The normalized spacial score (nSPS) is 15.5. The number of ether oxygens (including phenoxy) is 1. The summed E-state index contributed by atoms with van der Waals surface area (Å²) in [6, 6.07) is 1.26. The number of hydrogen-bond donors (Lipinski definition) is 3. The molecule has 1 saturated carbocycles. The Bertz CT molecular complexity index is 1550. The Labute approximate surface area is 179 Å². The number of rotatable bonds is 4. The third-order valence-corrected chi connectivity index (χ3v) is 4.70. The number of H-pyrrole nitrogens is 2. The number of aromatic nitrogens is 6. The van der Waals surface area contributed by atoms with Gasteiger partial charge in [-0.05, 0) is 37.1 Å². The van der Waals surface area contributed by atoms with Gasteiger partial charge in [0.15, 0.2) is 17.2 Å². The molecule has 5 rings (SSSR count). The van der Waals surface area contributed by atoms with Crippen LogP contribution in [0.1, 0.15) is 24.1 Å². The second kappa shape index (κ2) is 7.43. The number of fused-ring (bicyclic) bond motifs is 1. The molecule has 0 spiro atoms. The van der Waals surface area contributed by atoms with Crippen molar-refractivity contribution in [3.8, 4) is 17.6 Å². The molecule has 3 aromatic heterocycles. The van der Waals surface area contributed by atoms with Crippen molar-refractivity contribution in [2.45, 2.75) is 25.1 Å². The number of benzene rings is 1. The Morgan fingerprint density at radius 2 is 2.03 bits per heavy atom. The predicted molar refractivity (Wildman–Crippen MR) is 103 cm³/mol. The number of aromatic hydroxyl groups is 1. The Balaban J connectivity index is 1.66. The monoisotopic (exact) mass is 463 g/mol. The van der Waals surface area contributed by atoms with Crippen molar-refractivity contribution in [2.24, 2.45) is 4.99 Å². The summed E-state index contributed by atoms with van der Waals surface area (Å²) >= 11 is 0. The minimum absolute atomic E-state index is 0.0112. The molecule has 0 saturated heterocycles. The van der Waals surface area contributed by atoms with Gasteiger partial charge in [-0.15, -0.1) is 0 Å². The van der Waals surface area contributed by atoms with Crippen LogP contribution in [0.2, 0.25) is 0 Å². The molecule has 0 radical (unpaired) electrons. The van der Waals surface area contributed by atoms with E-state index < -0.39 is 40.9 Å². The van der Waals surface area contributed by atoms with Gasteiger partial charge in [-0.2, -0.15) is 32.8 Å². The number of nitrogens with zero attached hydrogens (tertiary/aromatic N) is 5. The quantitative estimate of drug-likeness (QED) is 0.392. The first-order valence-electron chi connectivity index (χ1n) is 9.54. The van der Waals surface area contributed by atoms with Crippen molar-refractivity contribution in [3.05, 3.63) is 62.8 Å². The Hall–Kier alpha value is -4.23. The van der Waals surface area contributed by atoms with E-state index in [4.69, 9.17) is 4.74 Å². The first-order chi connectivity index (χ1) is 15.7. The molecule has 170 valence electrons. The summed E-state index contributed by atoms with van der Waals surface area (Å²) in [5.74, 6) is -2.18. The summed E-state index contributed by atoms with van der Waals surface area (Å²) < 4.78 is 59.8. The highest BCUT2D eigenvalue weighted by Gasteiger charge is 2.31. The topological polar surface area (TPSA) is 134 Å². The van der Waals surface area contributed by atoms with Gasteiger partial charge in [0.1, 0.15) is 5.69 Å². The van der Waals surface area contributed by atoms with Gasteiger partial charge in [0, 0.05) is 5.22 Å². The number of aromatic amines is 2. The molecule has 1 aliphatic carbocycles. The van der Waals surface area contributed by atoms with Crippen molar-refractivity contribution < 1.29 is 27.4 Å². The van der Waals surface area contributed by atoms with Crippen LogP contribution in [-0.4, -0.2) is 40.7 Å². The summed E-state index contributed by atoms with van der Waals surface area (Å²) in [5, 5.41) is 14.2. The SMILES string of the molecule is O=c1[nH]c(O)c(/C=c2\cnn3c(=NC4CC4)nc(Oc4cc(C(F)(F)F)ccc4F)nc23)[nH]1. The average molecular weight is 463 g/mol. The Morgan fingerprint density at radius 3 is 2.70 bits per heavy atom. The zero-order valence-electron chi connectivity index (χ0n) is 16.4. The van der Waals surface area contributed by atoms with Crippen LogP contribution >= 0.6 is 0 Å². The largest absolute Gasteiger partial charge is 0.493 e. The van der Waals surface area contributed by atoms with E-state index in [1.54, 1.807) is 0 Å². The maximum Gasteiger partial charge on any atom is 0.416 e. The third-order valence-electron chi connectivity index (χ3n) is 4.70. The molecule has 4 aromatic rings. The fourth-order valence-corrected chi connectivity index (χ4v) is 2.96. The minimum Gasteiger partial charge on any atom is -0.493 e. The number of alkyl halides is 3. The summed E-state index contributed by atoms with van der Waals surface area (Å²) in [7, 11) is 0. The van der Waals surface area contributed by atoms with Crippen LogP contribution in [0, 0.1) is 5.82 Å². The van der Waals surface area contributed by atoms with E-state index in [0.29, 0.717) is 23.4 Å². The first kappa shape index (κ1) is 20.7. The molecule has 3 N–H and O–H groups in total. The second-order valence-corrected chi connectivity index (χ2v) is 7.23. The van der Waals surface area contributed by atoms with Crippen LogP contribution in [0.25, 0.3) is 11.7 Å². The summed E-state index contributed by atoms with van der Waals surface area (Å²) in [6.45, 7) is 0. The van der Waals surface area contributed by atoms with Gasteiger partial charge >= 0.3 is 17.9 Å². The van der Waals surface area contributed by atoms with Gasteiger partial charge in [-0.25, -0.2) is 14.2 Å². The molecule has 1 aromatic carbocycles. The van der Waals surface area contributed by atoms with Crippen molar-refractivity contribution in [1.82, 2.24) is 29.5 Å². The van der Waals surface area contributed by atoms with E-state index in [1.807, 2.05) is 0 Å². The van der Waals surface area contributed by atoms with Crippen molar-refractivity contribution in [1.29, 1.82) is 0 Å². The molecule has 1 aliphatic rings. The molecule has 1 fully saturated rings. The zero-order chi connectivity index (χ0) is 23.3. The van der Waals surface area contributed by atoms with Gasteiger partial charge in [-0.3, -0.25) is 4.98 Å². The molecule has 0 unspecified atom stereocenters. The van der Waals surface area contributed by atoms with Crippen molar-refractivity contribution in [3.63, 3.8) is 0 Å². The Morgan fingerprint density at radius 1 is 1.24 bits per heavy atom. The maximum atomic E-state index is 14.2. The smallest absolute Gasteiger partial charge is 0.416 e. The van der Waals surface area contributed by atoms with Gasteiger partial charge < -0.3 is 14.8 Å². The second-order valence-electron chi connectivity index (χ2n) is 7.23. The number of halogens is 4. The van der Waals surface area contributed by atoms with E-state index in [2.05, 4.69) is 30.0 Å². The third kappa shape index (κ3) is 4.14. The lowest BCUT2D eigenvalue weighted by Crippen LogP contribution is -2.23. The number of imidazole rings is 1. The van der Waals surface area contributed by atoms with Crippen LogP contribution in [-0.2, 0) is 6.18 Å². The van der Waals surface area contributed by atoms with Crippen molar-refractivity contribution >= 4 is 11.7 Å². The summed E-state index contributed by atoms with van der Waals surface area (Å²) in [4.78, 5) is 28.5. The molecular formula is C19H13F4N7O3. The summed E-state index contributed by atoms with van der Waals surface area (Å²) in [6.07, 6.45) is -0.342. The van der Waals surface area contributed by atoms with Gasteiger partial charge in [0.05, 0.1) is 17.8 Å². The van der Waals surface area contributed by atoms with E-state index >= 15 is 0 Å². The van der Waals surface area contributed by atoms with E-state index in [1.165, 1.54) is 16.8 Å². The maximum absolute atomic E-state index is 14.2. The van der Waals surface area contributed by atoms with Crippen LogP contribution < -0.4 is 21.3 Å². The highest BCUT2D eigenvalue weighted by atomic mass is 19.4. The molecule has 10 nitrogen and oxygen atoms in total. The molecule has 0 bridgehead atoms. The standard InChI is InChI=1S/C19H13F4N7O3/c20-11-4-1-9(19(21,22)23)6-13(11)33-18-27-14-8(5-12-15(31)28-17(32)26-12)7-24-30(14)16(29-18)25-10-2-3-10/h1,4-7,10,31H,2-3H2,(H2,26,28,32)/b8-5+,25-16?. The molecule has 0 amide bonds. The fraction of sp³-hybridized carbons (Fsp3) is 0.211. The van der Waals surface area contributed by atoms with Crippen LogP contribution in [0.4, 0.5) is 17.6 Å². The van der Waals surface area contributed by atoms with Gasteiger partial charge in [0.25, 0.3) is 5.62 Å². The number of nitrogens with one attached hydrogen (secondary N) is 2.